The van der Waals surface area contributed by atoms with Crippen LogP contribution in [0.3, 0.4) is 0 Å². The molecular weight excluding hydrogens is 382 g/mol. The first-order chi connectivity index (χ1) is 14.5. The van der Waals surface area contributed by atoms with E-state index < -0.39 is 12.0 Å². The van der Waals surface area contributed by atoms with Crippen molar-refractivity contribution in [2.75, 3.05) is 20.3 Å². The van der Waals surface area contributed by atoms with Gasteiger partial charge in [-0.15, -0.1) is 0 Å². The van der Waals surface area contributed by atoms with E-state index in [2.05, 4.69) is 11.9 Å². The SMILES string of the molecule is C=C(C)C(=O)NC(=O)OCCCCCCOc1ccc(-c2ccc(OC)cc2)cc1. The van der Waals surface area contributed by atoms with Crippen molar-refractivity contribution in [3.8, 4) is 22.6 Å². The average molecular weight is 411 g/mol. The highest BCUT2D eigenvalue weighted by molar-refractivity contribution is 6.01. The van der Waals surface area contributed by atoms with Crippen molar-refractivity contribution in [2.45, 2.75) is 32.6 Å². The van der Waals surface area contributed by atoms with Crippen LogP contribution in [0.2, 0.25) is 0 Å². The maximum Gasteiger partial charge on any atom is 0.414 e. The summed E-state index contributed by atoms with van der Waals surface area (Å²) < 4.78 is 15.9. The number of hydrogen-bond donors (Lipinski definition) is 1. The van der Waals surface area contributed by atoms with Crippen LogP contribution < -0.4 is 14.8 Å². The molecule has 6 heteroatoms. The Kier molecular flexibility index (Phi) is 9.45. The van der Waals surface area contributed by atoms with Crippen molar-refractivity contribution in [2.24, 2.45) is 0 Å². The molecule has 30 heavy (non-hydrogen) atoms. The molecule has 0 fully saturated rings. The zero-order valence-electron chi connectivity index (χ0n) is 17.6. The number of carbonyl (C=O) groups excluding carboxylic acids is 2. The highest BCUT2D eigenvalue weighted by Gasteiger charge is 2.08. The monoisotopic (exact) mass is 411 g/mol. The minimum atomic E-state index is -0.732. The molecule has 160 valence electrons. The lowest BCUT2D eigenvalue weighted by atomic mass is 10.1. The van der Waals surface area contributed by atoms with Crippen LogP contribution >= 0.6 is 0 Å². The van der Waals surface area contributed by atoms with Gasteiger partial charge in [-0.05, 0) is 68.0 Å². The zero-order chi connectivity index (χ0) is 21.8. The lowest BCUT2D eigenvalue weighted by molar-refractivity contribution is -0.116. The maximum atomic E-state index is 11.4. The molecule has 0 saturated carbocycles. The number of hydrogen-bond acceptors (Lipinski definition) is 5. The topological polar surface area (TPSA) is 73.9 Å². The normalized spacial score (nSPS) is 10.2. The summed E-state index contributed by atoms with van der Waals surface area (Å²) in [6, 6.07) is 16.0. The first-order valence-corrected chi connectivity index (χ1v) is 10.0. The summed E-state index contributed by atoms with van der Waals surface area (Å²) in [6.45, 7) is 5.90. The summed E-state index contributed by atoms with van der Waals surface area (Å²) >= 11 is 0. The number of unbranched alkanes of at least 4 members (excludes halogenated alkanes) is 3. The maximum absolute atomic E-state index is 11.4. The van der Waals surface area contributed by atoms with Crippen LogP contribution in [0, 0.1) is 0 Å². The molecule has 1 N–H and O–H groups in total. The van der Waals surface area contributed by atoms with E-state index in [9.17, 15) is 9.59 Å². The van der Waals surface area contributed by atoms with Gasteiger partial charge < -0.3 is 14.2 Å². The molecule has 0 unspecified atom stereocenters. The van der Waals surface area contributed by atoms with Gasteiger partial charge >= 0.3 is 6.09 Å². The summed E-state index contributed by atoms with van der Waals surface area (Å²) in [5, 5.41) is 2.10. The molecule has 2 rings (SSSR count). The fraction of sp³-hybridized carbons (Fsp3) is 0.333. The molecule has 2 aromatic carbocycles. The number of amides is 2. The van der Waals surface area contributed by atoms with Crippen LogP contribution in [0.5, 0.6) is 11.5 Å². The van der Waals surface area contributed by atoms with E-state index >= 15 is 0 Å². The van der Waals surface area contributed by atoms with Gasteiger partial charge in [-0.2, -0.15) is 0 Å². The second-order valence-electron chi connectivity index (χ2n) is 6.89. The lowest BCUT2D eigenvalue weighted by Crippen LogP contribution is -2.31. The standard InChI is InChI=1S/C24H29NO5/c1-18(2)23(26)25-24(27)30-17-7-5-4-6-16-29-22-14-10-20(11-15-22)19-8-12-21(28-3)13-9-19/h8-15H,1,4-7,16-17H2,2-3H3,(H,25,26,27). The van der Waals surface area contributed by atoms with Crippen LogP contribution in [0.4, 0.5) is 4.79 Å². The highest BCUT2D eigenvalue weighted by Crippen LogP contribution is 2.24. The van der Waals surface area contributed by atoms with Crippen molar-refractivity contribution in [1.29, 1.82) is 0 Å². The van der Waals surface area contributed by atoms with Crippen LogP contribution in [0.1, 0.15) is 32.6 Å². The molecular formula is C24H29NO5. The first kappa shape index (κ1) is 23.0. The summed E-state index contributed by atoms with van der Waals surface area (Å²) in [4.78, 5) is 22.6. The predicted molar refractivity (Wildman–Crippen MR) is 117 cm³/mol. The van der Waals surface area contributed by atoms with Crippen molar-refractivity contribution in [3.05, 3.63) is 60.7 Å². The van der Waals surface area contributed by atoms with Crippen LogP contribution in [-0.2, 0) is 9.53 Å². The van der Waals surface area contributed by atoms with Gasteiger partial charge in [-0.1, -0.05) is 30.8 Å². The fourth-order valence-corrected chi connectivity index (χ4v) is 2.68. The minimum Gasteiger partial charge on any atom is -0.497 e. The molecule has 0 radical (unpaired) electrons. The summed E-state index contributed by atoms with van der Waals surface area (Å²) in [5.74, 6) is 1.16. The predicted octanol–water partition coefficient (Wildman–Crippen LogP) is 5.13. The number of imide groups is 1. The van der Waals surface area contributed by atoms with Crippen molar-refractivity contribution in [1.82, 2.24) is 5.32 Å². The molecule has 0 spiro atoms. The molecule has 0 bridgehead atoms. The molecule has 0 aliphatic rings. The van der Waals surface area contributed by atoms with Gasteiger partial charge in [-0.3, -0.25) is 10.1 Å². The third-order valence-corrected chi connectivity index (χ3v) is 4.42. The molecule has 0 aliphatic heterocycles. The minimum absolute atomic E-state index is 0.266. The van der Waals surface area contributed by atoms with Gasteiger partial charge in [0.1, 0.15) is 11.5 Å². The van der Waals surface area contributed by atoms with Crippen molar-refractivity contribution < 1.29 is 23.8 Å². The van der Waals surface area contributed by atoms with Gasteiger partial charge in [-0.25, -0.2) is 4.79 Å². The second-order valence-corrected chi connectivity index (χ2v) is 6.89. The van der Waals surface area contributed by atoms with Gasteiger partial charge in [0.25, 0.3) is 5.91 Å². The second kappa shape index (κ2) is 12.3. The van der Waals surface area contributed by atoms with E-state index in [-0.39, 0.29) is 12.2 Å². The number of rotatable bonds is 11. The Balaban J connectivity index is 1.57. The number of benzene rings is 2. The fourth-order valence-electron chi connectivity index (χ4n) is 2.68. The van der Waals surface area contributed by atoms with Gasteiger partial charge in [0.2, 0.25) is 0 Å². The Morgan fingerprint density at radius 1 is 0.833 bits per heavy atom. The highest BCUT2D eigenvalue weighted by atomic mass is 16.5. The molecule has 6 nitrogen and oxygen atoms in total. The number of alkyl carbamates (subject to hydrolysis) is 1. The molecule has 0 aromatic heterocycles. The summed E-state index contributed by atoms with van der Waals surface area (Å²) in [5.41, 5.74) is 2.52. The van der Waals surface area contributed by atoms with Crippen molar-refractivity contribution >= 4 is 12.0 Å². The van der Waals surface area contributed by atoms with Crippen LogP contribution in [0.15, 0.2) is 60.7 Å². The third-order valence-electron chi connectivity index (χ3n) is 4.42. The van der Waals surface area contributed by atoms with Gasteiger partial charge in [0, 0.05) is 5.57 Å². The molecule has 0 aliphatic carbocycles. The smallest absolute Gasteiger partial charge is 0.414 e. The van der Waals surface area contributed by atoms with E-state index in [1.165, 1.54) is 6.92 Å². The van der Waals surface area contributed by atoms with E-state index in [1.807, 2.05) is 48.5 Å². The zero-order valence-corrected chi connectivity index (χ0v) is 17.6. The number of carbonyl (C=O) groups is 2. The Morgan fingerprint density at radius 2 is 1.37 bits per heavy atom. The average Bonchev–Trinajstić information content (AvgIpc) is 2.76. The Bertz CT molecular complexity index is 828. The van der Waals surface area contributed by atoms with Crippen LogP contribution in [0.25, 0.3) is 11.1 Å². The quantitative estimate of drug-likeness (QED) is 0.410. The molecule has 2 amide bonds. The molecule has 0 atom stereocenters. The summed E-state index contributed by atoms with van der Waals surface area (Å²) in [6.07, 6.45) is 2.82. The van der Waals surface area contributed by atoms with Gasteiger partial charge in [0.15, 0.2) is 0 Å². The molecule has 0 heterocycles. The van der Waals surface area contributed by atoms with E-state index in [0.29, 0.717) is 6.61 Å². The Morgan fingerprint density at radius 3 is 1.90 bits per heavy atom. The summed E-state index contributed by atoms with van der Waals surface area (Å²) in [7, 11) is 1.66. The number of ether oxygens (including phenoxy) is 3. The van der Waals surface area contributed by atoms with Crippen LogP contribution in [-0.4, -0.2) is 32.3 Å². The molecule has 2 aromatic rings. The Labute approximate surface area is 177 Å². The van der Waals surface area contributed by atoms with Gasteiger partial charge in [0.05, 0.1) is 20.3 Å². The third kappa shape index (κ3) is 7.99. The number of nitrogens with one attached hydrogen (secondary N) is 1. The Hall–Kier alpha value is -3.28. The van der Waals surface area contributed by atoms with E-state index in [1.54, 1.807) is 7.11 Å². The van der Waals surface area contributed by atoms with Crippen molar-refractivity contribution in [3.63, 3.8) is 0 Å². The largest absolute Gasteiger partial charge is 0.497 e. The van der Waals surface area contributed by atoms with E-state index in [0.717, 1.165) is 48.3 Å². The molecule has 0 saturated heterocycles. The lowest BCUT2D eigenvalue weighted by Gasteiger charge is -2.08. The number of methoxy groups -OCH3 is 1. The van der Waals surface area contributed by atoms with E-state index in [4.69, 9.17) is 14.2 Å². The first-order valence-electron chi connectivity index (χ1n) is 10.0.